The lowest BCUT2D eigenvalue weighted by Gasteiger charge is -2.43. The summed E-state index contributed by atoms with van der Waals surface area (Å²) in [6.45, 7) is 0. The van der Waals surface area contributed by atoms with Crippen LogP contribution in [-0.2, 0) is 5.54 Å². The second kappa shape index (κ2) is 5.61. The van der Waals surface area contributed by atoms with Crippen LogP contribution in [0.1, 0.15) is 45.9 Å². The fourth-order valence-corrected chi connectivity index (χ4v) is 3.06. The Bertz CT molecular complexity index is 733. The number of aromatic carboxylic acids is 1. The van der Waals surface area contributed by atoms with E-state index in [0.29, 0.717) is 0 Å². The van der Waals surface area contributed by atoms with Crippen LogP contribution in [0.15, 0.2) is 45.3 Å². The number of benzene rings is 1. The molecule has 1 saturated carbocycles. The van der Waals surface area contributed by atoms with E-state index < -0.39 is 17.4 Å². The highest BCUT2D eigenvalue weighted by Crippen LogP contribution is 2.42. The molecule has 0 bridgehead atoms. The number of carboxylic acid groups (broad SMARTS) is 1. The van der Waals surface area contributed by atoms with Crippen molar-refractivity contribution < 1.29 is 19.1 Å². The Hall–Kier alpha value is -2.08. The molecule has 0 aliphatic heterocycles. The molecule has 1 aliphatic rings. The number of carboxylic acids is 1. The number of amides is 1. The van der Waals surface area contributed by atoms with E-state index >= 15 is 0 Å². The van der Waals surface area contributed by atoms with Crippen molar-refractivity contribution in [3.05, 3.63) is 58.0 Å². The van der Waals surface area contributed by atoms with Gasteiger partial charge in [-0.3, -0.25) is 4.79 Å². The Labute approximate surface area is 135 Å². The largest absolute Gasteiger partial charge is 0.475 e. The minimum absolute atomic E-state index is 0.0127. The van der Waals surface area contributed by atoms with Crippen molar-refractivity contribution >= 4 is 27.8 Å². The first-order valence-corrected chi connectivity index (χ1v) is 7.71. The average Bonchev–Trinajstić information content (AvgIpc) is 2.92. The Kier molecular flexibility index (Phi) is 3.78. The Morgan fingerprint density at radius 3 is 2.45 bits per heavy atom. The van der Waals surface area contributed by atoms with E-state index in [-0.39, 0.29) is 11.5 Å². The molecule has 2 aromatic rings. The third-order valence-electron chi connectivity index (χ3n) is 3.98. The molecule has 6 heteroatoms. The predicted molar refractivity (Wildman–Crippen MR) is 82.8 cm³/mol. The molecule has 3 rings (SSSR count). The van der Waals surface area contributed by atoms with Gasteiger partial charge in [-0.2, -0.15) is 0 Å². The van der Waals surface area contributed by atoms with Gasteiger partial charge < -0.3 is 14.8 Å². The number of hydrogen-bond donors (Lipinski definition) is 2. The molecule has 1 aromatic carbocycles. The predicted octanol–water partition coefficient (Wildman–Crippen LogP) is 3.55. The number of nitrogens with one attached hydrogen (secondary N) is 1. The van der Waals surface area contributed by atoms with E-state index in [0.717, 1.165) is 29.3 Å². The fourth-order valence-electron chi connectivity index (χ4n) is 2.66. The summed E-state index contributed by atoms with van der Waals surface area (Å²) in [5.74, 6) is -1.81. The van der Waals surface area contributed by atoms with E-state index in [9.17, 15) is 9.59 Å². The van der Waals surface area contributed by atoms with Crippen LogP contribution in [0.4, 0.5) is 0 Å². The van der Waals surface area contributed by atoms with Crippen molar-refractivity contribution in [2.75, 3.05) is 0 Å². The maximum atomic E-state index is 12.3. The summed E-state index contributed by atoms with van der Waals surface area (Å²) in [6, 6.07) is 10.5. The second-order valence-electron chi connectivity index (χ2n) is 5.37. The van der Waals surface area contributed by atoms with Gasteiger partial charge >= 0.3 is 5.97 Å². The zero-order chi connectivity index (χ0) is 15.7. The van der Waals surface area contributed by atoms with Crippen LogP contribution in [0, 0.1) is 0 Å². The monoisotopic (exact) mass is 363 g/mol. The summed E-state index contributed by atoms with van der Waals surface area (Å²) >= 11 is 3.44. The topological polar surface area (TPSA) is 79.5 Å². The summed E-state index contributed by atoms with van der Waals surface area (Å²) in [5.41, 5.74) is 0.628. The molecule has 1 amide bonds. The Morgan fingerprint density at radius 1 is 1.18 bits per heavy atom. The summed E-state index contributed by atoms with van der Waals surface area (Å²) in [6.07, 6.45) is 2.73. The average molecular weight is 364 g/mol. The smallest absolute Gasteiger partial charge is 0.371 e. The summed E-state index contributed by atoms with van der Waals surface area (Å²) < 4.78 is 6.02. The molecule has 1 aromatic heterocycles. The molecule has 0 spiro atoms. The van der Waals surface area contributed by atoms with Gasteiger partial charge in [-0.05, 0) is 49.1 Å². The lowest BCUT2D eigenvalue weighted by molar-refractivity contribution is 0.0656. The number of hydrogen-bond acceptors (Lipinski definition) is 3. The van der Waals surface area contributed by atoms with E-state index in [1.807, 2.05) is 24.3 Å². The highest BCUT2D eigenvalue weighted by molar-refractivity contribution is 9.10. The number of halogens is 1. The van der Waals surface area contributed by atoms with Gasteiger partial charge in [-0.15, -0.1) is 0 Å². The number of rotatable bonds is 4. The van der Waals surface area contributed by atoms with Crippen molar-refractivity contribution in [2.45, 2.75) is 24.8 Å². The Balaban J connectivity index is 1.83. The van der Waals surface area contributed by atoms with Gasteiger partial charge in [0.25, 0.3) is 5.91 Å². The molecule has 0 radical (unpaired) electrons. The molecule has 5 nitrogen and oxygen atoms in total. The molecular weight excluding hydrogens is 350 g/mol. The number of carbonyl (C=O) groups is 2. The molecule has 22 heavy (non-hydrogen) atoms. The molecule has 0 saturated heterocycles. The molecule has 2 N–H and O–H groups in total. The van der Waals surface area contributed by atoms with E-state index in [1.54, 1.807) is 0 Å². The zero-order valence-electron chi connectivity index (χ0n) is 11.6. The molecule has 114 valence electrons. The van der Waals surface area contributed by atoms with Crippen LogP contribution in [0.5, 0.6) is 0 Å². The first-order valence-electron chi connectivity index (χ1n) is 6.92. The van der Waals surface area contributed by atoms with Crippen molar-refractivity contribution in [1.29, 1.82) is 0 Å². The first-order chi connectivity index (χ1) is 10.5. The third kappa shape index (κ3) is 2.66. The molecule has 1 aliphatic carbocycles. The highest BCUT2D eigenvalue weighted by Gasteiger charge is 2.40. The van der Waals surface area contributed by atoms with Crippen LogP contribution < -0.4 is 5.32 Å². The third-order valence-corrected chi connectivity index (χ3v) is 4.47. The Morgan fingerprint density at radius 2 is 1.91 bits per heavy atom. The van der Waals surface area contributed by atoms with Crippen LogP contribution in [0.25, 0.3) is 0 Å². The van der Waals surface area contributed by atoms with E-state index in [1.165, 1.54) is 12.1 Å². The number of furan rings is 1. The van der Waals surface area contributed by atoms with Gasteiger partial charge in [0, 0.05) is 4.47 Å². The summed E-state index contributed by atoms with van der Waals surface area (Å²) in [5, 5.41) is 11.8. The summed E-state index contributed by atoms with van der Waals surface area (Å²) in [7, 11) is 0. The van der Waals surface area contributed by atoms with Gasteiger partial charge in [0.05, 0.1) is 5.54 Å². The minimum Gasteiger partial charge on any atom is -0.475 e. The lowest BCUT2D eigenvalue weighted by Crippen LogP contribution is -2.50. The van der Waals surface area contributed by atoms with Gasteiger partial charge in [-0.25, -0.2) is 4.79 Å². The molecule has 0 unspecified atom stereocenters. The van der Waals surface area contributed by atoms with Crippen molar-refractivity contribution in [3.63, 3.8) is 0 Å². The lowest BCUT2D eigenvalue weighted by atomic mass is 9.71. The molecule has 1 fully saturated rings. The van der Waals surface area contributed by atoms with Crippen LogP contribution >= 0.6 is 15.9 Å². The standard InChI is InChI=1S/C16H14BrNO4/c17-11-4-1-3-10(9-11)16(7-2-8-16)18-14(19)12-5-6-13(22-12)15(20)21/h1,3-6,9H,2,7-8H2,(H,18,19)(H,20,21). The molecular formula is C16H14BrNO4. The van der Waals surface area contributed by atoms with Gasteiger partial charge in [0.2, 0.25) is 5.76 Å². The second-order valence-corrected chi connectivity index (χ2v) is 6.28. The maximum absolute atomic E-state index is 12.3. The van der Waals surface area contributed by atoms with E-state index in [4.69, 9.17) is 9.52 Å². The first kappa shape index (κ1) is 14.8. The minimum atomic E-state index is -1.19. The SMILES string of the molecule is O=C(O)c1ccc(C(=O)NC2(c3cccc(Br)c3)CCC2)o1. The summed E-state index contributed by atoms with van der Waals surface area (Å²) in [4.78, 5) is 23.2. The van der Waals surface area contributed by atoms with Crippen molar-refractivity contribution in [1.82, 2.24) is 5.32 Å². The van der Waals surface area contributed by atoms with Gasteiger partial charge in [0.1, 0.15) is 0 Å². The van der Waals surface area contributed by atoms with Gasteiger partial charge in [0.15, 0.2) is 5.76 Å². The zero-order valence-corrected chi connectivity index (χ0v) is 13.2. The van der Waals surface area contributed by atoms with Crippen LogP contribution in [-0.4, -0.2) is 17.0 Å². The van der Waals surface area contributed by atoms with E-state index in [2.05, 4.69) is 21.2 Å². The van der Waals surface area contributed by atoms with Crippen molar-refractivity contribution in [2.24, 2.45) is 0 Å². The highest BCUT2D eigenvalue weighted by atomic mass is 79.9. The van der Waals surface area contributed by atoms with Crippen LogP contribution in [0.2, 0.25) is 0 Å². The number of carbonyl (C=O) groups excluding carboxylic acids is 1. The normalized spacial score (nSPS) is 15.9. The maximum Gasteiger partial charge on any atom is 0.371 e. The quantitative estimate of drug-likeness (QED) is 0.870. The fraction of sp³-hybridized carbons (Fsp3) is 0.250. The van der Waals surface area contributed by atoms with Crippen LogP contribution in [0.3, 0.4) is 0 Å². The van der Waals surface area contributed by atoms with Crippen molar-refractivity contribution in [3.8, 4) is 0 Å². The van der Waals surface area contributed by atoms with Gasteiger partial charge in [-0.1, -0.05) is 28.1 Å². The molecule has 0 atom stereocenters. The molecule has 1 heterocycles.